The zero-order valence-corrected chi connectivity index (χ0v) is 9.98. The molecule has 86 valence electrons. The molecule has 0 aromatic carbocycles. The predicted octanol–water partition coefficient (Wildman–Crippen LogP) is 1.70. The molecule has 3 rings (SSSR count). The first kappa shape index (κ1) is 10.2. The Morgan fingerprint density at radius 2 is 2.35 bits per heavy atom. The van der Waals surface area contributed by atoms with Crippen molar-refractivity contribution in [3.05, 3.63) is 24.1 Å². The molecule has 0 unspecified atom stereocenters. The Morgan fingerprint density at radius 1 is 1.41 bits per heavy atom. The molecule has 1 N–H and O–H groups in total. The van der Waals surface area contributed by atoms with Gasteiger partial charge >= 0.3 is 0 Å². The second-order valence-corrected chi connectivity index (χ2v) is 4.28. The van der Waals surface area contributed by atoms with Crippen LogP contribution in [0, 0.1) is 0 Å². The van der Waals surface area contributed by atoms with Crippen LogP contribution in [0.4, 0.5) is 5.95 Å². The van der Waals surface area contributed by atoms with Crippen LogP contribution in [0.1, 0.15) is 6.92 Å². The van der Waals surface area contributed by atoms with E-state index in [0.717, 1.165) is 22.6 Å². The summed E-state index contributed by atoms with van der Waals surface area (Å²) in [6, 6.07) is 1.99. The molecule has 7 heteroatoms. The molecule has 3 heterocycles. The van der Waals surface area contributed by atoms with Crippen molar-refractivity contribution in [2.45, 2.75) is 6.92 Å². The zero-order chi connectivity index (χ0) is 11.7. The van der Waals surface area contributed by atoms with Gasteiger partial charge in [-0.1, -0.05) is 0 Å². The quantitative estimate of drug-likeness (QED) is 0.761. The van der Waals surface area contributed by atoms with E-state index < -0.39 is 0 Å². The van der Waals surface area contributed by atoms with Gasteiger partial charge in [0.2, 0.25) is 5.95 Å². The van der Waals surface area contributed by atoms with Gasteiger partial charge in [0.1, 0.15) is 17.5 Å². The number of hydrogen-bond donors (Lipinski definition) is 1. The maximum absolute atomic E-state index is 4.45. The Hall–Kier alpha value is -2.02. The highest BCUT2D eigenvalue weighted by molar-refractivity contribution is 7.16. The topological polar surface area (TPSA) is 68.5 Å². The molecule has 0 saturated heterocycles. The summed E-state index contributed by atoms with van der Waals surface area (Å²) in [5.74, 6) is 1.37. The van der Waals surface area contributed by atoms with Gasteiger partial charge in [-0.3, -0.25) is 0 Å². The fourth-order valence-corrected chi connectivity index (χ4v) is 2.33. The van der Waals surface area contributed by atoms with Crippen LogP contribution in [0.2, 0.25) is 0 Å². The Morgan fingerprint density at radius 3 is 3.12 bits per heavy atom. The summed E-state index contributed by atoms with van der Waals surface area (Å²) in [4.78, 5) is 13.8. The van der Waals surface area contributed by atoms with Crippen molar-refractivity contribution in [1.82, 2.24) is 24.7 Å². The van der Waals surface area contributed by atoms with Crippen LogP contribution in [-0.2, 0) is 0 Å². The van der Waals surface area contributed by atoms with Crippen molar-refractivity contribution < 1.29 is 0 Å². The fourth-order valence-electron chi connectivity index (χ4n) is 1.57. The maximum atomic E-state index is 4.45. The van der Waals surface area contributed by atoms with Crippen LogP contribution in [0.25, 0.3) is 16.0 Å². The molecule has 0 saturated carbocycles. The highest BCUT2D eigenvalue weighted by Gasteiger charge is 2.10. The summed E-state index contributed by atoms with van der Waals surface area (Å²) in [7, 11) is 0. The fraction of sp³-hybridized carbons (Fsp3) is 0.200. The summed E-state index contributed by atoms with van der Waals surface area (Å²) in [6.45, 7) is 2.80. The summed E-state index contributed by atoms with van der Waals surface area (Å²) < 4.78 is 1.65. The Labute approximate surface area is 101 Å². The molecule has 0 atom stereocenters. The van der Waals surface area contributed by atoms with Crippen LogP contribution in [-0.4, -0.2) is 31.3 Å². The van der Waals surface area contributed by atoms with E-state index >= 15 is 0 Å². The van der Waals surface area contributed by atoms with Crippen molar-refractivity contribution in [3.8, 4) is 5.82 Å². The standard InChI is InChI=1S/C10H10N6S/c1-2-12-10-14-8(16-6-11-5-13-16)7-3-4-17-9(7)15-10/h3-6H,2H2,1H3,(H,12,14,15). The van der Waals surface area contributed by atoms with Crippen molar-refractivity contribution in [1.29, 1.82) is 0 Å². The normalized spacial score (nSPS) is 10.9. The molecule has 17 heavy (non-hydrogen) atoms. The molecule has 3 aromatic rings. The van der Waals surface area contributed by atoms with Gasteiger partial charge < -0.3 is 5.32 Å². The molecule has 0 radical (unpaired) electrons. The van der Waals surface area contributed by atoms with Gasteiger partial charge in [-0.05, 0) is 18.4 Å². The number of thiophene rings is 1. The van der Waals surface area contributed by atoms with Gasteiger partial charge in [0.25, 0.3) is 0 Å². The van der Waals surface area contributed by atoms with Gasteiger partial charge in [0.05, 0.1) is 5.39 Å². The Kier molecular flexibility index (Phi) is 2.45. The minimum Gasteiger partial charge on any atom is -0.354 e. The lowest BCUT2D eigenvalue weighted by Crippen LogP contribution is -2.06. The molecular weight excluding hydrogens is 236 g/mol. The molecule has 6 nitrogen and oxygen atoms in total. The molecule has 0 fully saturated rings. The van der Waals surface area contributed by atoms with Gasteiger partial charge in [-0.25, -0.2) is 14.6 Å². The summed E-state index contributed by atoms with van der Waals surface area (Å²) in [5, 5.41) is 10.2. The predicted molar refractivity (Wildman–Crippen MR) is 66.5 cm³/mol. The van der Waals surface area contributed by atoms with Crippen molar-refractivity contribution in [2.24, 2.45) is 0 Å². The summed E-state index contributed by atoms with van der Waals surface area (Å²) in [5.41, 5.74) is 0. The lowest BCUT2D eigenvalue weighted by molar-refractivity contribution is 0.850. The van der Waals surface area contributed by atoms with Gasteiger partial charge in [0.15, 0.2) is 5.82 Å². The van der Waals surface area contributed by atoms with E-state index in [0.29, 0.717) is 5.95 Å². The molecule has 0 amide bonds. The molecular formula is C10H10N6S. The number of fused-ring (bicyclic) bond motifs is 1. The Bertz CT molecular complexity index is 629. The van der Waals surface area contributed by atoms with E-state index in [9.17, 15) is 0 Å². The third-order valence-corrected chi connectivity index (χ3v) is 3.08. The number of nitrogens with one attached hydrogen (secondary N) is 1. The Balaban J connectivity index is 2.23. The first-order valence-corrected chi connectivity index (χ1v) is 6.10. The highest BCUT2D eigenvalue weighted by atomic mass is 32.1. The SMILES string of the molecule is CCNc1nc(-n2cncn2)c2ccsc2n1. The van der Waals surface area contributed by atoms with Crippen molar-refractivity contribution >= 4 is 27.5 Å². The van der Waals surface area contributed by atoms with E-state index in [4.69, 9.17) is 0 Å². The maximum Gasteiger partial charge on any atom is 0.226 e. The molecule has 0 spiro atoms. The first-order valence-electron chi connectivity index (χ1n) is 5.22. The largest absolute Gasteiger partial charge is 0.354 e. The van der Waals surface area contributed by atoms with Crippen molar-refractivity contribution in [3.63, 3.8) is 0 Å². The number of nitrogens with zero attached hydrogens (tertiary/aromatic N) is 5. The van der Waals surface area contributed by atoms with E-state index in [1.54, 1.807) is 22.3 Å². The van der Waals surface area contributed by atoms with Crippen LogP contribution < -0.4 is 5.32 Å². The highest BCUT2D eigenvalue weighted by Crippen LogP contribution is 2.24. The van der Waals surface area contributed by atoms with E-state index in [-0.39, 0.29) is 0 Å². The van der Waals surface area contributed by atoms with E-state index in [1.807, 2.05) is 18.4 Å². The minimum atomic E-state index is 0.618. The van der Waals surface area contributed by atoms with E-state index in [2.05, 4.69) is 25.4 Å². The van der Waals surface area contributed by atoms with Crippen LogP contribution in [0.5, 0.6) is 0 Å². The third-order valence-electron chi connectivity index (χ3n) is 2.28. The van der Waals surface area contributed by atoms with Crippen LogP contribution in [0.15, 0.2) is 24.1 Å². The lowest BCUT2D eigenvalue weighted by atomic mass is 10.4. The van der Waals surface area contributed by atoms with E-state index in [1.165, 1.54) is 6.33 Å². The molecule has 0 aliphatic heterocycles. The molecule has 3 aromatic heterocycles. The molecule has 0 aliphatic carbocycles. The first-order chi connectivity index (χ1) is 8.38. The lowest BCUT2D eigenvalue weighted by Gasteiger charge is -2.05. The number of anilines is 1. The minimum absolute atomic E-state index is 0.618. The van der Waals surface area contributed by atoms with Gasteiger partial charge in [0, 0.05) is 6.54 Å². The molecule has 0 bridgehead atoms. The third kappa shape index (κ3) is 1.74. The second-order valence-electron chi connectivity index (χ2n) is 3.38. The summed E-state index contributed by atoms with van der Waals surface area (Å²) in [6.07, 6.45) is 3.13. The number of rotatable bonds is 3. The second kappa shape index (κ2) is 4.10. The average molecular weight is 246 g/mol. The van der Waals surface area contributed by atoms with Crippen LogP contribution >= 0.6 is 11.3 Å². The number of aromatic nitrogens is 5. The monoisotopic (exact) mass is 246 g/mol. The van der Waals surface area contributed by atoms with Gasteiger partial charge in [-0.2, -0.15) is 10.1 Å². The van der Waals surface area contributed by atoms with Crippen LogP contribution in [0.3, 0.4) is 0 Å². The number of hydrogen-bond acceptors (Lipinski definition) is 6. The summed E-state index contributed by atoms with van der Waals surface area (Å²) >= 11 is 1.59. The van der Waals surface area contributed by atoms with Crippen molar-refractivity contribution in [2.75, 3.05) is 11.9 Å². The van der Waals surface area contributed by atoms with Gasteiger partial charge in [-0.15, -0.1) is 11.3 Å². The smallest absolute Gasteiger partial charge is 0.226 e. The zero-order valence-electron chi connectivity index (χ0n) is 9.16. The molecule has 0 aliphatic rings. The average Bonchev–Trinajstić information content (AvgIpc) is 2.99.